The van der Waals surface area contributed by atoms with Crippen LogP contribution in [0.25, 0.3) is 0 Å². The highest BCUT2D eigenvalue weighted by Gasteiger charge is 2.31. The van der Waals surface area contributed by atoms with E-state index in [-0.39, 0.29) is 43.6 Å². The SMILES string of the molecule is Cc1nc(COc2ccccc2C(=O)N2CCN(S(=O)(=O)c3ccc(F)cc3)CC2)cs1. The molecule has 0 N–H and O–H groups in total. The molecule has 1 aliphatic rings. The molecule has 3 aromatic rings. The van der Waals surface area contributed by atoms with Gasteiger partial charge in [-0.1, -0.05) is 12.1 Å². The zero-order valence-corrected chi connectivity index (χ0v) is 19.0. The van der Waals surface area contributed by atoms with Gasteiger partial charge in [-0.25, -0.2) is 17.8 Å². The number of thiazole rings is 1. The lowest BCUT2D eigenvalue weighted by Crippen LogP contribution is -2.50. The van der Waals surface area contributed by atoms with Crippen LogP contribution in [-0.4, -0.2) is 54.7 Å². The summed E-state index contributed by atoms with van der Waals surface area (Å²) in [6, 6.07) is 11.7. The van der Waals surface area contributed by atoms with Gasteiger partial charge in [-0.05, 0) is 43.3 Å². The lowest BCUT2D eigenvalue weighted by atomic mass is 10.1. The molecule has 0 saturated carbocycles. The number of hydrogen-bond donors (Lipinski definition) is 0. The molecule has 4 rings (SSSR count). The van der Waals surface area contributed by atoms with Gasteiger partial charge in [0.05, 0.1) is 21.2 Å². The molecule has 0 aliphatic carbocycles. The number of carbonyl (C=O) groups excluding carboxylic acids is 1. The van der Waals surface area contributed by atoms with Gasteiger partial charge in [0, 0.05) is 31.6 Å². The van der Waals surface area contributed by atoms with Gasteiger partial charge in [-0.15, -0.1) is 11.3 Å². The van der Waals surface area contributed by atoms with Crippen molar-refractivity contribution in [1.82, 2.24) is 14.2 Å². The van der Waals surface area contributed by atoms with Gasteiger partial charge in [-0.3, -0.25) is 4.79 Å². The number of para-hydroxylation sites is 1. The third-order valence-corrected chi connectivity index (χ3v) is 7.87. The first-order chi connectivity index (χ1) is 15.3. The quantitative estimate of drug-likeness (QED) is 0.547. The molecular weight excluding hydrogens is 453 g/mol. The summed E-state index contributed by atoms with van der Waals surface area (Å²) in [5, 5.41) is 2.86. The van der Waals surface area contributed by atoms with Crippen LogP contribution in [0.3, 0.4) is 0 Å². The third kappa shape index (κ3) is 4.82. The van der Waals surface area contributed by atoms with Gasteiger partial charge >= 0.3 is 0 Å². The monoisotopic (exact) mass is 475 g/mol. The standard InChI is InChI=1S/C22H22FN3O4S2/c1-16-24-18(15-31-16)14-30-21-5-3-2-4-20(21)22(27)25-10-12-26(13-11-25)32(28,29)19-8-6-17(23)7-9-19/h2-9,15H,10-14H2,1H3. The molecule has 2 heterocycles. The van der Waals surface area contributed by atoms with Crippen molar-refractivity contribution in [3.63, 3.8) is 0 Å². The normalized spacial score (nSPS) is 15.0. The summed E-state index contributed by atoms with van der Waals surface area (Å²) in [7, 11) is -3.74. The lowest BCUT2D eigenvalue weighted by molar-refractivity contribution is 0.0693. The van der Waals surface area contributed by atoms with E-state index in [2.05, 4.69) is 4.98 Å². The number of aromatic nitrogens is 1. The first-order valence-corrected chi connectivity index (χ1v) is 12.3. The number of aryl methyl sites for hydroxylation is 1. The molecule has 1 aliphatic heterocycles. The minimum Gasteiger partial charge on any atom is -0.486 e. The van der Waals surface area contributed by atoms with E-state index < -0.39 is 15.8 Å². The minimum atomic E-state index is -3.74. The van der Waals surface area contributed by atoms with Crippen LogP contribution in [0.15, 0.2) is 58.8 Å². The van der Waals surface area contributed by atoms with Crippen molar-refractivity contribution in [3.05, 3.63) is 76.0 Å². The number of halogens is 1. The average Bonchev–Trinajstić information content (AvgIpc) is 3.23. The second-order valence-electron chi connectivity index (χ2n) is 7.29. The Bertz CT molecular complexity index is 1200. The molecule has 0 atom stereocenters. The van der Waals surface area contributed by atoms with Crippen molar-refractivity contribution >= 4 is 27.3 Å². The second-order valence-corrected chi connectivity index (χ2v) is 10.3. The van der Waals surface area contributed by atoms with Crippen LogP contribution in [0.1, 0.15) is 21.1 Å². The number of nitrogens with zero attached hydrogens (tertiary/aromatic N) is 3. The predicted octanol–water partition coefficient (Wildman–Crippen LogP) is 3.32. The number of hydrogen-bond acceptors (Lipinski definition) is 6. The highest BCUT2D eigenvalue weighted by Crippen LogP contribution is 2.24. The summed E-state index contributed by atoms with van der Waals surface area (Å²) in [4.78, 5) is 19.1. The zero-order valence-electron chi connectivity index (χ0n) is 17.4. The molecule has 0 bridgehead atoms. The van der Waals surface area contributed by atoms with Crippen molar-refractivity contribution in [2.75, 3.05) is 26.2 Å². The Morgan fingerprint density at radius 3 is 2.44 bits per heavy atom. The summed E-state index contributed by atoms with van der Waals surface area (Å²) >= 11 is 1.54. The van der Waals surface area contributed by atoms with Gasteiger partial charge in [0.15, 0.2) is 0 Å². The van der Waals surface area contributed by atoms with Crippen LogP contribution >= 0.6 is 11.3 Å². The Balaban J connectivity index is 1.42. The Morgan fingerprint density at radius 1 is 1.09 bits per heavy atom. The summed E-state index contributed by atoms with van der Waals surface area (Å²) in [5.41, 5.74) is 1.23. The van der Waals surface area contributed by atoms with Crippen LogP contribution in [0, 0.1) is 12.7 Å². The molecule has 1 aromatic heterocycles. The number of ether oxygens (including phenoxy) is 1. The fourth-order valence-corrected chi connectivity index (χ4v) is 5.47. The molecule has 0 unspecified atom stereocenters. The van der Waals surface area contributed by atoms with Crippen molar-refractivity contribution in [1.29, 1.82) is 0 Å². The highest BCUT2D eigenvalue weighted by molar-refractivity contribution is 7.89. The maximum absolute atomic E-state index is 13.1. The number of benzene rings is 2. The predicted molar refractivity (Wildman–Crippen MR) is 119 cm³/mol. The van der Waals surface area contributed by atoms with E-state index in [1.54, 1.807) is 29.2 Å². The van der Waals surface area contributed by atoms with Crippen LogP contribution in [-0.2, 0) is 16.6 Å². The topological polar surface area (TPSA) is 79.8 Å². The molecule has 2 aromatic carbocycles. The second kappa shape index (κ2) is 9.35. The van der Waals surface area contributed by atoms with Crippen LogP contribution < -0.4 is 4.74 Å². The third-order valence-electron chi connectivity index (χ3n) is 5.14. The van der Waals surface area contributed by atoms with E-state index in [4.69, 9.17) is 4.74 Å². The Morgan fingerprint density at radius 2 is 1.78 bits per heavy atom. The maximum atomic E-state index is 13.1. The lowest BCUT2D eigenvalue weighted by Gasteiger charge is -2.34. The molecular formula is C22H22FN3O4S2. The first-order valence-electron chi connectivity index (χ1n) is 10.0. The van der Waals surface area contributed by atoms with Crippen molar-refractivity contribution < 1.29 is 22.3 Å². The van der Waals surface area contributed by atoms with E-state index >= 15 is 0 Å². The first kappa shape index (κ1) is 22.4. The zero-order chi connectivity index (χ0) is 22.7. The summed E-state index contributed by atoms with van der Waals surface area (Å²) in [6.07, 6.45) is 0. The molecule has 168 valence electrons. The Kier molecular flexibility index (Phi) is 6.54. The van der Waals surface area contributed by atoms with E-state index in [1.165, 1.54) is 27.8 Å². The van der Waals surface area contributed by atoms with Crippen molar-refractivity contribution in [2.45, 2.75) is 18.4 Å². The van der Waals surface area contributed by atoms with Crippen LogP contribution in [0.4, 0.5) is 4.39 Å². The number of amides is 1. The van der Waals surface area contributed by atoms with E-state index in [0.29, 0.717) is 11.3 Å². The number of carbonyl (C=O) groups is 1. The average molecular weight is 476 g/mol. The van der Waals surface area contributed by atoms with Crippen LogP contribution in [0.2, 0.25) is 0 Å². The van der Waals surface area contributed by atoms with Gasteiger partial charge in [0.2, 0.25) is 10.0 Å². The molecule has 0 spiro atoms. The minimum absolute atomic E-state index is 0.0368. The van der Waals surface area contributed by atoms with E-state index in [0.717, 1.165) is 22.8 Å². The van der Waals surface area contributed by atoms with Crippen molar-refractivity contribution in [2.24, 2.45) is 0 Å². The summed E-state index contributed by atoms with van der Waals surface area (Å²) in [6.45, 7) is 3.00. The Labute approximate surface area is 190 Å². The maximum Gasteiger partial charge on any atom is 0.257 e. The summed E-state index contributed by atoms with van der Waals surface area (Å²) < 4.78 is 45.9. The largest absolute Gasteiger partial charge is 0.486 e. The van der Waals surface area contributed by atoms with Gasteiger partial charge in [-0.2, -0.15) is 4.31 Å². The molecule has 1 fully saturated rings. The molecule has 32 heavy (non-hydrogen) atoms. The molecule has 7 nitrogen and oxygen atoms in total. The van der Waals surface area contributed by atoms with Gasteiger partial charge < -0.3 is 9.64 Å². The summed E-state index contributed by atoms with van der Waals surface area (Å²) in [5.74, 6) is -0.247. The van der Waals surface area contributed by atoms with E-state index in [9.17, 15) is 17.6 Å². The molecule has 10 heteroatoms. The number of sulfonamides is 1. The molecule has 0 radical (unpaired) electrons. The van der Waals surface area contributed by atoms with Crippen LogP contribution in [0.5, 0.6) is 5.75 Å². The van der Waals surface area contributed by atoms with Crippen molar-refractivity contribution in [3.8, 4) is 5.75 Å². The fraction of sp³-hybridized carbons (Fsp3) is 0.273. The fourth-order valence-electron chi connectivity index (χ4n) is 3.45. The smallest absolute Gasteiger partial charge is 0.257 e. The Hall–Kier alpha value is -2.82. The highest BCUT2D eigenvalue weighted by atomic mass is 32.2. The van der Waals surface area contributed by atoms with Gasteiger partial charge in [0.1, 0.15) is 18.2 Å². The molecule has 1 amide bonds. The molecule has 1 saturated heterocycles. The van der Waals surface area contributed by atoms with Gasteiger partial charge in [0.25, 0.3) is 5.91 Å². The number of rotatable bonds is 6. The van der Waals surface area contributed by atoms with E-state index in [1.807, 2.05) is 12.3 Å². The number of piperazine rings is 1.